The van der Waals surface area contributed by atoms with Crippen LogP contribution in [0.25, 0.3) is 0 Å². The zero-order valence-electron chi connectivity index (χ0n) is 10.7. The van der Waals surface area contributed by atoms with Crippen LogP contribution in [0.1, 0.15) is 31.2 Å². The minimum absolute atomic E-state index is 0.000440. The fourth-order valence-electron chi connectivity index (χ4n) is 2.37. The van der Waals surface area contributed by atoms with Gasteiger partial charge in [0.15, 0.2) is 0 Å². The van der Waals surface area contributed by atoms with Crippen LogP contribution < -0.4 is 4.72 Å². The highest BCUT2D eigenvalue weighted by Gasteiger charge is 2.37. The Labute approximate surface area is 113 Å². The molecule has 0 amide bonds. The largest absolute Gasteiger partial charge is 0.265 e. The minimum atomic E-state index is -3.43. The van der Waals surface area contributed by atoms with Crippen molar-refractivity contribution in [3.8, 4) is 6.07 Å². The molecule has 19 heavy (non-hydrogen) atoms. The average molecular weight is 279 g/mol. The Kier molecular flexibility index (Phi) is 4.17. The Morgan fingerprint density at radius 2 is 1.95 bits per heavy atom. The minimum Gasteiger partial charge on any atom is -0.265 e. The first-order valence-corrected chi connectivity index (χ1v) is 8.02. The van der Waals surface area contributed by atoms with Crippen molar-refractivity contribution in [2.75, 3.05) is 5.75 Å². The van der Waals surface area contributed by atoms with Crippen molar-refractivity contribution in [1.29, 1.82) is 5.26 Å². The van der Waals surface area contributed by atoms with Crippen LogP contribution in [0.5, 0.6) is 0 Å². The van der Waals surface area contributed by atoms with Gasteiger partial charge in [0, 0.05) is 12.4 Å². The van der Waals surface area contributed by atoms with Crippen molar-refractivity contribution in [2.45, 2.75) is 37.6 Å². The van der Waals surface area contributed by atoms with E-state index < -0.39 is 15.6 Å². The van der Waals surface area contributed by atoms with Gasteiger partial charge in [-0.15, -0.1) is 0 Å². The van der Waals surface area contributed by atoms with Crippen LogP contribution in [0.15, 0.2) is 24.5 Å². The van der Waals surface area contributed by atoms with Gasteiger partial charge in [-0.1, -0.05) is 12.8 Å². The zero-order chi connectivity index (χ0) is 13.8. The summed E-state index contributed by atoms with van der Waals surface area (Å²) in [5, 5.41) is 9.18. The predicted octanol–water partition coefficient (Wildman–Crippen LogP) is 1.38. The molecule has 1 aliphatic rings. The van der Waals surface area contributed by atoms with Crippen molar-refractivity contribution >= 4 is 10.0 Å². The first-order valence-electron chi connectivity index (χ1n) is 6.37. The standard InChI is InChI=1S/C13H17N3O2S/c14-11-13(6-1-2-7-13)16-19(17,18)10-5-12-3-8-15-9-4-12/h3-4,8-9,16H,1-2,5-7,10H2. The van der Waals surface area contributed by atoms with Crippen LogP contribution in [0, 0.1) is 11.3 Å². The molecule has 1 aliphatic carbocycles. The summed E-state index contributed by atoms with van der Waals surface area (Å²) < 4.78 is 26.7. The highest BCUT2D eigenvalue weighted by molar-refractivity contribution is 7.89. The number of nitriles is 1. The molecule has 0 spiro atoms. The van der Waals surface area contributed by atoms with Crippen LogP contribution in [0.4, 0.5) is 0 Å². The summed E-state index contributed by atoms with van der Waals surface area (Å²) in [4.78, 5) is 3.89. The lowest BCUT2D eigenvalue weighted by Gasteiger charge is -2.21. The van der Waals surface area contributed by atoms with Gasteiger partial charge >= 0.3 is 0 Å². The van der Waals surface area contributed by atoms with Gasteiger partial charge in [-0.25, -0.2) is 8.42 Å². The van der Waals surface area contributed by atoms with E-state index in [1.807, 2.05) is 0 Å². The molecule has 1 heterocycles. The number of pyridine rings is 1. The number of sulfonamides is 1. The number of rotatable bonds is 5. The summed E-state index contributed by atoms with van der Waals surface area (Å²) in [5.74, 6) is 0.000440. The molecule has 0 aliphatic heterocycles. The zero-order valence-corrected chi connectivity index (χ0v) is 11.5. The molecule has 2 rings (SSSR count). The summed E-state index contributed by atoms with van der Waals surface area (Å²) in [6.07, 6.45) is 6.74. The molecule has 0 radical (unpaired) electrons. The number of aromatic nitrogens is 1. The lowest BCUT2D eigenvalue weighted by molar-refractivity contribution is 0.485. The van der Waals surface area contributed by atoms with Gasteiger partial charge in [0.25, 0.3) is 0 Å². The highest BCUT2D eigenvalue weighted by Crippen LogP contribution is 2.29. The molecule has 1 fully saturated rings. The molecule has 0 atom stereocenters. The molecular formula is C13H17N3O2S. The van der Waals surface area contributed by atoms with Gasteiger partial charge in [-0.05, 0) is 37.0 Å². The van der Waals surface area contributed by atoms with Crippen LogP contribution in [-0.2, 0) is 16.4 Å². The van der Waals surface area contributed by atoms with Crippen molar-refractivity contribution in [1.82, 2.24) is 9.71 Å². The van der Waals surface area contributed by atoms with Gasteiger partial charge in [0.05, 0.1) is 11.8 Å². The fourth-order valence-corrected chi connectivity index (χ4v) is 3.82. The van der Waals surface area contributed by atoms with Crippen molar-refractivity contribution in [3.05, 3.63) is 30.1 Å². The molecule has 1 aromatic heterocycles. The van der Waals surface area contributed by atoms with Gasteiger partial charge in [-0.2, -0.15) is 9.98 Å². The maximum absolute atomic E-state index is 12.0. The molecule has 0 saturated heterocycles. The monoisotopic (exact) mass is 279 g/mol. The third-order valence-corrected chi connectivity index (χ3v) is 4.87. The smallest absolute Gasteiger partial charge is 0.213 e. The van der Waals surface area contributed by atoms with Gasteiger partial charge < -0.3 is 0 Å². The molecule has 6 heteroatoms. The second-order valence-electron chi connectivity index (χ2n) is 4.93. The quantitative estimate of drug-likeness (QED) is 0.882. The first kappa shape index (κ1) is 14.0. The molecule has 0 aromatic carbocycles. The SMILES string of the molecule is N#CC1(NS(=O)(=O)CCc2ccncc2)CCCC1. The van der Waals surface area contributed by atoms with E-state index in [1.54, 1.807) is 24.5 Å². The number of aryl methyl sites for hydroxylation is 1. The van der Waals surface area contributed by atoms with Crippen LogP contribution in [0.2, 0.25) is 0 Å². The van der Waals surface area contributed by atoms with E-state index in [1.165, 1.54) is 0 Å². The average Bonchev–Trinajstić information content (AvgIpc) is 2.86. The Hall–Kier alpha value is -1.45. The number of hydrogen-bond acceptors (Lipinski definition) is 4. The van der Waals surface area contributed by atoms with Crippen LogP contribution >= 0.6 is 0 Å². The maximum atomic E-state index is 12.0. The van der Waals surface area contributed by atoms with E-state index in [0.29, 0.717) is 19.3 Å². The Balaban J connectivity index is 1.98. The second-order valence-corrected chi connectivity index (χ2v) is 6.77. The maximum Gasteiger partial charge on any atom is 0.213 e. The van der Waals surface area contributed by atoms with Crippen molar-refractivity contribution < 1.29 is 8.42 Å². The molecular weight excluding hydrogens is 262 g/mol. The van der Waals surface area contributed by atoms with E-state index in [2.05, 4.69) is 15.8 Å². The molecule has 5 nitrogen and oxygen atoms in total. The summed E-state index contributed by atoms with van der Waals surface area (Å²) in [7, 11) is -3.43. The summed E-state index contributed by atoms with van der Waals surface area (Å²) >= 11 is 0. The summed E-state index contributed by atoms with van der Waals surface area (Å²) in [5.41, 5.74) is 0.0506. The first-order chi connectivity index (χ1) is 9.05. The van der Waals surface area contributed by atoms with E-state index in [9.17, 15) is 13.7 Å². The number of hydrogen-bond donors (Lipinski definition) is 1. The van der Waals surface area contributed by atoms with Gasteiger partial charge in [0.2, 0.25) is 10.0 Å². The normalized spacial score (nSPS) is 18.1. The number of nitrogens with zero attached hydrogens (tertiary/aromatic N) is 2. The summed E-state index contributed by atoms with van der Waals surface area (Å²) in [6, 6.07) is 5.72. The highest BCUT2D eigenvalue weighted by atomic mass is 32.2. The third-order valence-electron chi connectivity index (χ3n) is 3.43. The van der Waals surface area contributed by atoms with E-state index in [4.69, 9.17) is 0 Å². The summed E-state index contributed by atoms with van der Waals surface area (Å²) in [6.45, 7) is 0. The van der Waals surface area contributed by atoms with Crippen molar-refractivity contribution in [2.24, 2.45) is 0 Å². The second kappa shape index (κ2) is 5.68. The molecule has 0 bridgehead atoms. The lowest BCUT2D eigenvalue weighted by atomic mass is 10.0. The lowest BCUT2D eigenvalue weighted by Crippen LogP contribution is -2.46. The number of nitrogens with one attached hydrogen (secondary N) is 1. The van der Waals surface area contributed by atoms with E-state index in [0.717, 1.165) is 18.4 Å². The van der Waals surface area contributed by atoms with Crippen LogP contribution in [-0.4, -0.2) is 24.7 Å². The Morgan fingerprint density at radius 1 is 1.32 bits per heavy atom. The Bertz CT molecular complexity index is 557. The van der Waals surface area contributed by atoms with Crippen LogP contribution in [0.3, 0.4) is 0 Å². The molecule has 102 valence electrons. The van der Waals surface area contributed by atoms with E-state index in [-0.39, 0.29) is 5.75 Å². The molecule has 1 saturated carbocycles. The predicted molar refractivity (Wildman–Crippen MR) is 71.7 cm³/mol. The fraction of sp³-hybridized carbons (Fsp3) is 0.538. The molecule has 1 aromatic rings. The van der Waals surface area contributed by atoms with Gasteiger partial charge in [-0.3, -0.25) is 4.98 Å². The third kappa shape index (κ3) is 3.75. The van der Waals surface area contributed by atoms with E-state index >= 15 is 0 Å². The van der Waals surface area contributed by atoms with Crippen molar-refractivity contribution in [3.63, 3.8) is 0 Å². The Morgan fingerprint density at radius 3 is 2.53 bits per heavy atom. The molecule has 1 N–H and O–H groups in total. The topological polar surface area (TPSA) is 82.9 Å². The molecule has 0 unspecified atom stereocenters. The van der Waals surface area contributed by atoms with Gasteiger partial charge in [0.1, 0.15) is 5.54 Å².